The predicted molar refractivity (Wildman–Crippen MR) is 97.9 cm³/mol. The van der Waals surface area contributed by atoms with Gasteiger partial charge in [0.05, 0.1) is 6.54 Å². The Balaban J connectivity index is 1.31. The van der Waals surface area contributed by atoms with Gasteiger partial charge < -0.3 is 19.2 Å². The van der Waals surface area contributed by atoms with Crippen LogP contribution in [0.3, 0.4) is 0 Å². The Bertz CT molecular complexity index is 835. The minimum absolute atomic E-state index is 0.396. The van der Waals surface area contributed by atoms with E-state index in [0.29, 0.717) is 12.6 Å². The van der Waals surface area contributed by atoms with Crippen LogP contribution in [0.2, 0.25) is 0 Å². The normalized spacial score (nSPS) is 17.6. The number of aromatic nitrogens is 5. The first-order chi connectivity index (χ1) is 12.8. The summed E-state index contributed by atoms with van der Waals surface area (Å²) in [6, 6.07) is 6.22. The summed E-state index contributed by atoms with van der Waals surface area (Å²) in [6.45, 7) is 2.61. The summed E-state index contributed by atoms with van der Waals surface area (Å²) >= 11 is 1.47. The molecule has 26 heavy (non-hydrogen) atoms. The third-order valence-corrected chi connectivity index (χ3v) is 5.29. The average molecular weight is 371 g/mol. The molecular weight excluding hydrogens is 350 g/mol. The van der Waals surface area contributed by atoms with Crippen molar-refractivity contribution in [3.8, 4) is 0 Å². The van der Waals surface area contributed by atoms with Gasteiger partial charge in [0.15, 0.2) is 10.2 Å². The van der Waals surface area contributed by atoms with Gasteiger partial charge in [-0.25, -0.2) is 9.97 Å². The number of anilines is 1. The Hall–Kier alpha value is -2.39. The molecule has 0 amide bonds. The van der Waals surface area contributed by atoms with Crippen LogP contribution in [-0.2, 0) is 13.6 Å². The fourth-order valence-corrected chi connectivity index (χ4v) is 3.73. The number of hydrogen-bond donors (Lipinski definition) is 1. The number of aryl methyl sites for hydroxylation is 1. The van der Waals surface area contributed by atoms with Gasteiger partial charge in [0, 0.05) is 38.6 Å². The van der Waals surface area contributed by atoms with Crippen LogP contribution in [0.25, 0.3) is 0 Å². The molecule has 1 saturated heterocycles. The van der Waals surface area contributed by atoms with Crippen molar-refractivity contribution in [1.29, 1.82) is 0 Å². The quantitative estimate of drug-likeness (QED) is 0.705. The van der Waals surface area contributed by atoms with Crippen LogP contribution in [0.1, 0.15) is 18.6 Å². The lowest BCUT2D eigenvalue weighted by molar-refractivity contribution is 0.372. The second-order valence-corrected chi connectivity index (χ2v) is 7.23. The number of piperidine rings is 1. The average Bonchev–Trinajstić information content (AvgIpc) is 3.30. The Morgan fingerprint density at radius 1 is 1.31 bits per heavy atom. The molecule has 3 aromatic rings. The maximum Gasteiger partial charge on any atom is 0.225 e. The molecule has 1 N–H and O–H groups in total. The highest BCUT2D eigenvalue weighted by molar-refractivity contribution is 7.99. The number of nitrogens with zero attached hydrogens (tertiary/aromatic N) is 6. The molecule has 0 radical (unpaired) electrons. The highest BCUT2D eigenvalue weighted by Gasteiger charge is 2.21. The maximum atomic E-state index is 5.90. The van der Waals surface area contributed by atoms with Crippen LogP contribution in [0, 0.1) is 0 Å². The van der Waals surface area contributed by atoms with Crippen LogP contribution in [0.4, 0.5) is 5.95 Å². The summed E-state index contributed by atoms with van der Waals surface area (Å²) in [4.78, 5) is 10.9. The van der Waals surface area contributed by atoms with E-state index in [-0.39, 0.29) is 0 Å². The van der Waals surface area contributed by atoms with Crippen molar-refractivity contribution in [2.24, 2.45) is 7.05 Å². The summed E-state index contributed by atoms with van der Waals surface area (Å²) in [5, 5.41) is 13.2. The van der Waals surface area contributed by atoms with Gasteiger partial charge in [-0.05, 0) is 42.8 Å². The zero-order valence-corrected chi connectivity index (χ0v) is 15.4. The van der Waals surface area contributed by atoms with Gasteiger partial charge in [-0.15, -0.1) is 10.2 Å². The molecule has 1 fully saturated rings. The number of hydrogen-bond acceptors (Lipinski definition) is 8. The van der Waals surface area contributed by atoms with Gasteiger partial charge in [0.2, 0.25) is 5.95 Å². The lowest BCUT2D eigenvalue weighted by atomic mass is 10.1. The molecule has 1 aliphatic heterocycles. The van der Waals surface area contributed by atoms with Gasteiger partial charge in [-0.2, -0.15) is 0 Å². The summed E-state index contributed by atoms with van der Waals surface area (Å²) in [6.07, 6.45) is 7.53. The lowest BCUT2D eigenvalue weighted by Crippen LogP contribution is -2.46. The fourth-order valence-electron chi connectivity index (χ4n) is 2.99. The van der Waals surface area contributed by atoms with Crippen molar-refractivity contribution in [2.45, 2.75) is 35.7 Å². The van der Waals surface area contributed by atoms with Crippen molar-refractivity contribution in [3.05, 3.63) is 42.7 Å². The second-order valence-electron chi connectivity index (χ2n) is 6.26. The highest BCUT2D eigenvalue weighted by Crippen LogP contribution is 2.27. The fraction of sp³-hybridized carbons (Fsp3) is 0.412. The summed E-state index contributed by atoms with van der Waals surface area (Å²) in [5.41, 5.74) is 0. The van der Waals surface area contributed by atoms with E-state index < -0.39 is 0 Å². The van der Waals surface area contributed by atoms with Gasteiger partial charge in [0.1, 0.15) is 12.1 Å². The van der Waals surface area contributed by atoms with E-state index in [2.05, 4.69) is 30.4 Å². The van der Waals surface area contributed by atoms with E-state index in [1.807, 2.05) is 29.8 Å². The number of nitrogens with one attached hydrogen (secondary N) is 1. The first-order valence-electron chi connectivity index (χ1n) is 8.64. The molecule has 4 heterocycles. The van der Waals surface area contributed by atoms with Crippen molar-refractivity contribution < 1.29 is 4.42 Å². The van der Waals surface area contributed by atoms with E-state index >= 15 is 0 Å². The lowest BCUT2D eigenvalue weighted by Gasteiger charge is -2.33. The van der Waals surface area contributed by atoms with Crippen molar-refractivity contribution in [1.82, 2.24) is 30.0 Å². The molecule has 1 aliphatic rings. The molecule has 136 valence electrons. The van der Waals surface area contributed by atoms with Gasteiger partial charge in [0.25, 0.3) is 0 Å². The van der Waals surface area contributed by atoms with Crippen molar-refractivity contribution in [3.63, 3.8) is 0 Å². The standard InChI is InChI=1S/C17H21N7OS/c1-23-12-21-22-17(23)26-15-6-5-14(25-15)10-20-13-4-2-9-24(11-13)16-18-7-3-8-19-16/h3,5-8,12-13,20H,2,4,9-11H2,1H3/t13-/m0/s1. The van der Waals surface area contributed by atoms with Gasteiger partial charge in [-0.1, -0.05) is 0 Å². The zero-order valence-electron chi connectivity index (χ0n) is 14.6. The van der Waals surface area contributed by atoms with Crippen LogP contribution in [0.15, 0.2) is 51.6 Å². The Morgan fingerprint density at radius 2 is 2.19 bits per heavy atom. The van der Waals surface area contributed by atoms with E-state index in [1.165, 1.54) is 11.8 Å². The van der Waals surface area contributed by atoms with Gasteiger partial charge >= 0.3 is 0 Å². The molecule has 0 bridgehead atoms. The number of furan rings is 1. The van der Waals surface area contributed by atoms with E-state index in [9.17, 15) is 0 Å². The molecule has 0 aliphatic carbocycles. The predicted octanol–water partition coefficient (Wildman–Crippen LogP) is 2.11. The molecule has 0 spiro atoms. The largest absolute Gasteiger partial charge is 0.453 e. The summed E-state index contributed by atoms with van der Waals surface area (Å²) in [5.74, 6) is 1.72. The zero-order chi connectivity index (χ0) is 17.8. The van der Waals surface area contributed by atoms with Crippen LogP contribution in [-0.4, -0.2) is 43.9 Å². The number of rotatable bonds is 6. The van der Waals surface area contributed by atoms with Crippen LogP contribution >= 0.6 is 11.8 Å². The Morgan fingerprint density at radius 3 is 3.00 bits per heavy atom. The Kier molecular flexibility index (Phi) is 5.16. The molecule has 8 nitrogen and oxygen atoms in total. The maximum absolute atomic E-state index is 5.90. The first-order valence-corrected chi connectivity index (χ1v) is 9.45. The molecule has 1 atom stereocenters. The third kappa shape index (κ3) is 4.05. The van der Waals surface area contributed by atoms with Crippen molar-refractivity contribution in [2.75, 3.05) is 18.0 Å². The van der Waals surface area contributed by atoms with Crippen LogP contribution < -0.4 is 10.2 Å². The van der Waals surface area contributed by atoms with Gasteiger partial charge in [-0.3, -0.25) is 0 Å². The molecule has 0 aromatic carbocycles. The molecule has 0 unspecified atom stereocenters. The van der Waals surface area contributed by atoms with E-state index in [1.54, 1.807) is 18.7 Å². The molecule has 3 aromatic heterocycles. The monoisotopic (exact) mass is 371 g/mol. The third-order valence-electron chi connectivity index (χ3n) is 4.32. The molecular formula is C17H21N7OS. The summed E-state index contributed by atoms with van der Waals surface area (Å²) in [7, 11) is 1.92. The smallest absolute Gasteiger partial charge is 0.225 e. The minimum atomic E-state index is 0.396. The minimum Gasteiger partial charge on any atom is -0.453 e. The van der Waals surface area contributed by atoms with Crippen molar-refractivity contribution >= 4 is 17.7 Å². The SMILES string of the molecule is Cn1cnnc1Sc1ccc(CN[C@H]2CCCN(c3ncccn3)C2)o1. The summed E-state index contributed by atoms with van der Waals surface area (Å²) < 4.78 is 7.76. The molecule has 4 rings (SSSR count). The van der Waals surface area contributed by atoms with E-state index in [0.717, 1.165) is 47.9 Å². The second kappa shape index (κ2) is 7.88. The van der Waals surface area contributed by atoms with E-state index in [4.69, 9.17) is 4.42 Å². The topological polar surface area (TPSA) is 84.9 Å². The Labute approximate surface area is 156 Å². The first kappa shape index (κ1) is 17.0. The molecule has 9 heteroatoms. The molecule has 0 saturated carbocycles. The highest BCUT2D eigenvalue weighted by atomic mass is 32.2. The van der Waals surface area contributed by atoms with Crippen LogP contribution in [0.5, 0.6) is 0 Å².